The molecule has 0 aliphatic heterocycles. The molecule has 0 saturated carbocycles. The molecule has 0 aliphatic carbocycles. The lowest BCUT2D eigenvalue weighted by molar-refractivity contribution is 1.13. The summed E-state index contributed by atoms with van der Waals surface area (Å²) in [6.07, 6.45) is 3.98. The van der Waals surface area contributed by atoms with Crippen LogP contribution in [0.5, 0.6) is 0 Å². The summed E-state index contributed by atoms with van der Waals surface area (Å²) in [5.41, 5.74) is 7.76. The van der Waals surface area contributed by atoms with Crippen molar-refractivity contribution in [3.63, 3.8) is 0 Å². The number of rotatable bonds is 3. The van der Waals surface area contributed by atoms with Gasteiger partial charge in [-0.3, -0.25) is 0 Å². The number of hydrogen-bond donors (Lipinski definition) is 1. The van der Waals surface area contributed by atoms with Gasteiger partial charge >= 0.3 is 0 Å². The van der Waals surface area contributed by atoms with Gasteiger partial charge in [-0.05, 0) is 17.7 Å². The van der Waals surface area contributed by atoms with Crippen LogP contribution in [0.25, 0.3) is 6.08 Å². The molecule has 2 heteroatoms. The minimum Gasteiger partial charge on any atom is -0.378 e. The zero-order chi connectivity index (χ0) is 9.68. The quantitative estimate of drug-likeness (QED) is 0.760. The largest absolute Gasteiger partial charge is 0.378 e. The molecule has 0 radical (unpaired) electrons. The second kappa shape index (κ2) is 4.67. The first-order chi connectivity index (χ1) is 6.24. The average molecular weight is 176 g/mol. The highest BCUT2D eigenvalue weighted by Crippen LogP contribution is 2.12. The minimum absolute atomic E-state index is 0.593. The Morgan fingerprint density at radius 1 is 1.23 bits per heavy atom. The second-order valence-corrected chi connectivity index (χ2v) is 3.12. The van der Waals surface area contributed by atoms with Gasteiger partial charge < -0.3 is 10.6 Å². The lowest BCUT2D eigenvalue weighted by Gasteiger charge is -2.11. The third-order valence-corrected chi connectivity index (χ3v) is 1.86. The first kappa shape index (κ1) is 9.81. The Bertz CT molecular complexity index is 273. The number of benzene rings is 1. The summed E-state index contributed by atoms with van der Waals surface area (Å²) in [7, 11) is 4.06. The highest BCUT2D eigenvalue weighted by molar-refractivity contribution is 5.55. The van der Waals surface area contributed by atoms with Crippen LogP contribution < -0.4 is 10.6 Å². The summed E-state index contributed by atoms with van der Waals surface area (Å²) in [4.78, 5) is 2.08. The Morgan fingerprint density at radius 3 is 2.31 bits per heavy atom. The van der Waals surface area contributed by atoms with Gasteiger partial charge in [-0.15, -0.1) is 0 Å². The molecule has 0 amide bonds. The number of anilines is 1. The summed E-state index contributed by atoms with van der Waals surface area (Å²) in [5, 5.41) is 0. The van der Waals surface area contributed by atoms with Gasteiger partial charge in [0, 0.05) is 26.3 Å². The highest BCUT2D eigenvalue weighted by atomic mass is 15.1. The Hall–Kier alpha value is -1.28. The van der Waals surface area contributed by atoms with Crippen molar-refractivity contribution in [3.8, 4) is 0 Å². The van der Waals surface area contributed by atoms with Gasteiger partial charge in [-0.25, -0.2) is 0 Å². The normalized spacial score (nSPS) is 10.7. The van der Waals surface area contributed by atoms with Crippen molar-refractivity contribution >= 4 is 11.8 Å². The maximum absolute atomic E-state index is 5.36. The van der Waals surface area contributed by atoms with Crippen LogP contribution in [0.15, 0.2) is 30.3 Å². The maximum Gasteiger partial charge on any atom is 0.0361 e. The van der Waals surface area contributed by atoms with Crippen LogP contribution in [0.2, 0.25) is 0 Å². The van der Waals surface area contributed by atoms with Crippen LogP contribution >= 0.6 is 0 Å². The molecule has 1 rings (SSSR count). The molecule has 0 bridgehead atoms. The molecule has 0 heterocycles. The third kappa shape index (κ3) is 2.92. The first-order valence-corrected chi connectivity index (χ1v) is 4.38. The van der Waals surface area contributed by atoms with Crippen LogP contribution in [0.3, 0.4) is 0 Å². The number of hydrogen-bond acceptors (Lipinski definition) is 2. The van der Waals surface area contributed by atoms with Crippen molar-refractivity contribution in [1.29, 1.82) is 0 Å². The second-order valence-electron chi connectivity index (χ2n) is 3.12. The van der Waals surface area contributed by atoms with E-state index in [1.165, 1.54) is 11.3 Å². The topological polar surface area (TPSA) is 29.3 Å². The van der Waals surface area contributed by atoms with Gasteiger partial charge in [-0.2, -0.15) is 0 Å². The molecule has 0 aromatic heterocycles. The van der Waals surface area contributed by atoms with E-state index >= 15 is 0 Å². The third-order valence-electron chi connectivity index (χ3n) is 1.86. The van der Waals surface area contributed by atoms with Crippen molar-refractivity contribution in [2.45, 2.75) is 0 Å². The van der Waals surface area contributed by atoms with Crippen LogP contribution in [0.4, 0.5) is 5.69 Å². The molecule has 0 atom stereocenters. The standard InChI is InChI=1S/C11H16N2/c1-13(2)11-7-5-10(6-8-11)4-3-9-12/h3-8H,9,12H2,1-2H3. The summed E-state index contributed by atoms with van der Waals surface area (Å²) < 4.78 is 0. The molecule has 1 aromatic rings. The van der Waals surface area contributed by atoms with Crippen molar-refractivity contribution in [1.82, 2.24) is 0 Å². The van der Waals surface area contributed by atoms with E-state index in [2.05, 4.69) is 29.2 Å². The summed E-state index contributed by atoms with van der Waals surface area (Å²) >= 11 is 0. The highest BCUT2D eigenvalue weighted by Gasteiger charge is 1.92. The van der Waals surface area contributed by atoms with Gasteiger partial charge in [0.2, 0.25) is 0 Å². The Balaban J connectivity index is 2.75. The predicted octanol–water partition coefficient (Wildman–Crippen LogP) is 1.72. The van der Waals surface area contributed by atoms with E-state index in [-0.39, 0.29) is 0 Å². The van der Waals surface area contributed by atoms with E-state index in [0.29, 0.717) is 6.54 Å². The van der Waals surface area contributed by atoms with Crippen molar-refractivity contribution in [2.75, 3.05) is 25.5 Å². The van der Waals surface area contributed by atoms with Gasteiger partial charge in [0.15, 0.2) is 0 Å². The average Bonchev–Trinajstić information content (AvgIpc) is 2.15. The van der Waals surface area contributed by atoms with E-state index in [1.54, 1.807) is 0 Å². The fraction of sp³-hybridized carbons (Fsp3) is 0.273. The molecular weight excluding hydrogens is 160 g/mol. The Morgan fingerprint density at radius 2 is 1.85 bits per heavy atom. The monoisotopic (exact) mass is 176 g/mol. The Labute approximate surface area is 79.7 Å². The van der Waals surface area contributed by atoms with E-state index in [9.17, 15) is 0 Å². The minimum atomic E-state index is 0.593. The van der Waals surface area contributed by atoms with E-state index < -0.39 is 0 Å². The van der Waals surface area contributed by atoms with Crippen molar-refractivity contribution in [3.05, 3.63) is 35.9 Å². The molecular formula is C11H16N2. The fourth-order valence-corrected chi connectivity index (χ4v) is 1.09. The molecule has 0 saturated heterocycles. The number of nitrogens with zero attached hydrogens (tertiary/aromatic N) is 1. The van der Waals surface area contributed by atoms with Crippen LogP contribution in [0.1, 0.15) is 5.56 Å². The Kier molecular flexibility index (Phi) is 3.53. The van der Waals surface area contributed by atoms with E-state index in [0.717, 1.165) is 0 Å². The molecule has 13 heavy (non-hydrogen) atoms. The fourth-order valence-electron chi connectivity index (χ4n) is 1.09. The van der Waals surface area contributed by atoms with Crippen molar-refractivity contribution in [2.24, 2.45) is 5.73 Å². The van der Waals surface area contributed by atoms with Gasteiger partial charge in [0.05, 0.1) is 0 Å². The molecule has 70 valence electrons. The van der Waals surface area contributed by atoms with Gasteiger partial charge in [0.25, 0.3) is 0 Å². The molecule has 2 nitrogen and oxygen atoms in total. The van der Waals surface area contributed by atoms with Crippen LogP contribution in [0, 0.1) is 0 Å². The predicted molar refractivity (Wildman–Crippen MR) is 58.9 cm³/mol. The zero-order valence-electron chi connectivity index (χ0n) is 8.20. The lowest BCUT2D eigenvalue weighted by Crippen LogP contribution is -2.07. The SMILES string of the molecule is CN(C)c1ccc(C=CCN)cc1. The smallest absolute Gasteiger partial charge is 0.0361 e. The van der Waals surface area contributed by atoms with Crippen molar-refractivity contribution < 1.29 is 0 Å². The lowest BCUT2D eigenvalue weighted by atomic mass is 10.2. The molecule has 0 spiro atoms. The molecule has 2 N–H and O–H groups in total. The van der Waals surface area contributed by atoms with E-state index in [4.69, 9.17) is 5.73 Å². The molecule has 0 aliphatic rings. The van der Waals surface area contributed by atoms with Crippen LogP contribution in [-0.4, -0.2) is 20.6 Å². The first-order valence-electron chi connectivity index (χ1n) is 4.38. The van der Waals surface area contributed by atoms with E-state index in [1.807, 2.05) is 26.2 Å². The molecule has 0 unspecified atom stereocenters. The summed E-state index contributed by atoms with van der Waals surface area (Å²) in [5.74, 6) is 0. The van der Waals surface area contributed by atoms with Gasteiger partial charge in [-0.1, -0.05) is 24.3 Å². The van der Waals surface area contributed by atoms with Gasteiger partial charge in [0.1, 0.15) is 0 Å². The summed E-state index contributed by atoms with van der Waals surface area (Å²) in [6.45, 7) is 0.593. The number of nitrogens with two attached hydrogens (primary N) is 1. The van der Waals surface area contributed by atoms with Crippen LogP contribution in [-0.2, 0) is 0 Å². The molecule has 0 fully saturated rings. The zero-order valence-corrected chi connectivity index (χ0v) is 8.20. The maximum atomic E-state index is 5.36. The summed E-state index contributed by atoms with van der Waals surface area (Å²) in [6, 6.07) is 8.36. The molecule has 1 aromatic carbocycles.